The van der Waals surface area contributed by atoms with E-state index in [9.17, 15) is 19.8 Å². The van der Waals surface area contributed by atoms with E-state index < -0.39 is 23.8 Å². The number of hydrogen-bond donors (Lipinski definition) is 2. The van der Waals surface area contributed by atoms with Gasteiger partial charge in [0.25, 0.3) is 11.7 Å². The molecule has 1 aliphatic heterocycles. The molecular formula is C20H20N2O4. The second kappa shape index (κ2) is 7.09. The van der Waals surface area contributed by atoms with Crippen LogP contribution >= 0.6 is 0 Å². The number of carbonyl (C=O) groups is 2. The number of nitrogens with zero attached hydrogens (tertiary/aromatic N) is 2. The third kappa shape index (κ3) is 3.23. The van der Waals surface area contributed by atoms with Gasteiger partial charge in [-0.15, -0.1) is 0 Å². The maximum absolute atomic E-state index is 12.7. The van der Waals surface area contributed by atoms with Crippen molar-refractivity contribution in [1.82, 2.24) is 9.88 Å². The van der Waals surface area contributed by atoms with E-state index in [4.69, 9.17) is 0 Å². The van der Waals surface area contributed by atoms with Crippen LogP contribution in [0.1, 0.15) is 29.7 Å². The minimum absolute atomic E-state index is 0.00695. The Kier molecular flexibility index (Phi) is 4.86. The highest BCUT2D eigenvalue weighted by Gasteiger charge is 2.46. The van der Waals surface area contributed by atoms with E-state index in [2.05, 4.69) is 4.98 Å². The predicted octanol–water partition coefficient (Wildman–Crippen LogP) is 2.19. The maximum atomic E-state index is 12.7. The summed E-state index contributed by atoms with van der Waals surface area (Å²) in [4.78, 5) is 30.5. The highest BCUT2D eigenvalue weighted by Crippen LogP contribution is 2.39. The van der Waals surface area contributed by atoms with Crippen molar-refractivity contribution in [2.75, 3.05) is 6.54 Å². The molecule has 3 rings (SSSR count). The molecule has 6 nitrogen and oxygen atoms in total. The van der Waals surface area contributed by atoms with Crippen molar-refractivity contribution in [1.29, 1.82) is 0 Å². The zero-order chi connectivity index (χ0) is 18.8. The van der Waals surface area contributed by atoms with Gasteiger partial charge in [-0.3, -0.25) is 14.6 Å². The van der Waals surface area contributed by atoms with Crippen LogP contribution in [0.5, 0.6) is 0 Å². The number of aliphatic hydroxyl groups excluding tert-OH is 2. The number of aliphatic hydroxyl groups is 2. The zero-order valence-corrected chi connectivity index (χ0v) is 14.6. The summed E-state index contributed by atoms with van der Waals surface area (Å²) in [6.45, 7) is 3.44. The summed E-state index contributed by atoms with van der Waals surface area (Å²) in [5.41, 5.74) is 2.08. The van der Waals surface area contributed by atoms with Crippen LogP contribution in [-0.4, -0.2) is 44.4 Å². The molecule has 0 bridgehead atoms. The van der Waals surface area contributed by atoms with Crippen molar-refractivity contribution in [3.63, 3.8) is 0 Å². The Morgan fingerprint density at radius 1 is 1.23 bits per heavy atom. The summed E-state index contributed by atoms with van der Waals surface area (Å²) < 4.78 is 0. The fourth-order valence-electron chi connectivity index (χ4n) is 3.10. The summed E-state index contributed by atoms with van der Waals surface area (Å²) in [6, 6.07) is 9.68. The van der Waals surface area contributed by atoms with E-state index in [-0.39, 0.29) is 17.9 Å². The molecule has 2 aromatic rings. The molecular weight excluding hydrogens is 332 g/mol. The number of likely N-dealkylation sites (tertiary alicyclic amines) is 1. The number of hydrogen-bond acceptors (Lipinski definition) is 5. The lowest BCUT2D eigenvalue weighted by Gasteiger charge is -2.26. The zero-order valence-electron chi connectivity index (χ0n) is 14.6. The number of amides is 1. The number of ketones is 1. The monoisotopic (exact) mass is 352 g/mol. The molecule has 0 aliphatic carbocycles. The number of rotatable bonds is 4. The Morgan fingerprint density at radius 2 is 1.92 bits per heavy atom. The number of aromatic nitrogens is 1. The molecule has 134 valence electrons. The largest absolute Gasteiger partial charge is 0.507 e. The first-order chi connectivity index (χ1) is 12.4. The Labute approximate surface area is 151 Å². The van der Waals surface area contributed by atoms with Gasteiger partial charge >= 0.3 is 0 Å². The second-order valence-electron chi connectivity index (χ2n) is 6.45. The lowest BCUT2D eigenvalue weighted by molar-refractivity contribution is -0.140. The average Bonchev–Trinajstić information content (AvgIpc) is 2.87. The van der Waals surface area contributed by atoms with Gasteiger partial charge in [-0.05, 0) is 25.5 Å². The molecule has 2 N–H and O–H groups in total. The SMILES string of the molecule is Cc1ccc(C(O)=C2C(=O)C(=O)N(CC(C)O)C2c2cccnc2)cc1. The first-order valence-corrected chi connectivity index (χ1v) is 8.33. The van der Waals surface area contributed by atoms with Gasteiger partial charge < -0.3 is 15.1 Å². The predicted molar refractivity (Wildman–Crippen MR) is 96.1 cm³/mol. The summed E-state index contributed by atoms with van der Waals surface area (Å²) in [6.07, 6.45) is 2.32. The van der Waals surface area contributed by atoms with Crippen molar-refractivity contribution in [2.24, 2.45) is 0 Å². The molecule has 2 heterocycles. The molecule has 1 amide bonds. The Hall–Kier alpha value is -2.99. The normalized spacial score (nSPS) is 20.4. The van der Waals surface area contributed by atoms with Crippen molar-refractivity contribution in [3.8, 4) is 0 Å². The number of aryl methyl sites for hydroxylation is 1. The van der Waals surface area contributed by atoms with E-state index in [1.165, 1.54) is 4.90 Å². The summed E-state index contributed by atoms with van der Waals surface area (Å²) in [5.74, 6) is -1.74. The maximum Gasteiger partial charge on any atom is 0.295 e. The standard InChI is InChI=1S/C20H20N2O4/c1-12-5-7-14(8-6-12)18(24)16-17(15-4-3-9-21-10-15)22(11-13(2)23)20(26)19(16)25/h3-10,13,17,23-24H,11H2,1-2H3. The third-order valence-corrected chi connectivity index (χ3v) is 4.33. The Morgan fingerprint density at radius 3 is 2.50 bits per heavy atom. The number of carbonyl (C=O) groups excluding carboxylic acids is 2. The van der Waals surface area contributed by atoms with Crippen LogP contribution in [0, 0.1) is 6.92 Å². The summed E-state index contributed by atoms with van der Waals surface area (Å²) in [7, 11) is 0. The van der Waals surface area contributed by atoms with Crippen molar-refractivity contribution in [2.45, 2.75) is 26.0 Å². The van der Waals surface area contributed by atoms with Crippen molar-refractivity contribution >= 4 is 17.4 Å². The number of pyridine rings is 1. The van der Waals surface area contributed by atoms with Gasteiger partial charge in [0.15, 0.2) is 0 Å². The Bertz CT molecular complexity index is 857. The van der Waals surface area contributed by atoms with Gasteiger partial charge in [0.2, 0.25) is 0 Å². The lowest BCUT2D eigenvalue weighted by atomic mass is 9.96. The van der Waals surface area contributed by atoms with E-state index in [0.717, 1.165) is 5.56 Å². The molecule has 1 aromatic carbocycles. The van der Waals surface area contributed by atoms with Gasteiger partial charge in [0, 0.05) is 24.5 Å². The third-order valence-electron chi connectivity index (χ3n) is 4.33. The highest BCUT2D eigenvalue weighted by atomic mass is 16.3. The van der Waals surface area contributed by atoms with Crippen LogP contribution < -0.4 is 0 Å². The first kappa shape index (κ1) is 17.8. The summed E-state index contributed by atoms with van der Waals surface area (Å²) in [5, 5.41) is 20.5. The van der Waals surface area contributed by atoms with Gasteiger partial charge in [0.05, 0.1) is 17.7 Å². The first-order valence-electron chi connectivity index (χ1n) is 8.33. The molecule has 1 saturated heterocycles. The average molecular weight is 352 g/mol. The highest BCUT2D eigenvalue weighted by molar-refractivity contribution is 6.46. The van der Waals surface area contributed by atoms with Gasteiger partial charge in [0.1, 0.15) is 5.76 Å². The number of β-amino-alcohol motifs (C(OH)–C–C–N with tert-alkyl or cyclic N) is 1. The molecule has 2 unspecified atom stereocenters. The van der Waals surface area contributed by atoms with E-state index >= 15 is 0 Å². The Balaban J connectivity index is 2.17. The molecule has 2 atom stereocenters. The van der Waals surface area contributed by atoms with Crippen LogP contribution in [0.2, 0.25) is 0 Å². The molecule has 6 heteroatoms. The van der Waals surface area contributed by atoms with Crippen LogP contribution in [-0.2, 0) is 9.59 Å². The molecule has 1 fully saturated rings. The molecule has 0 saturated carbocycles. The van der Waals surface area contributed by atoms with Gasteiger partial charge in [-0.2, -0.15) is 0 Å². The van der Waals surface area contributed by atoms with Gasteiger partial charge in [-0.25, -0.2) is 0 Å². The van der Waals surface area contributed by atoms with E-state index in [0.29, 0.717) is 11.1 Å². The van der Waals surface area contributed by atoms with Crippen LogP contribution in [0.4, 0.5) is 0 Å². The van der Waals surface area contributed by atoms with Crippen LogP contribution in [0.25, 0.3) is 5.76 Å². The quantitative estimate of drug-likeness (QED) is 0.500. The van der Waals surface area contributed by atoms with Crippen LogP contribution in [0.3, 0.4) is 0 Å². The fraction of sp³-hybridized carbons (Fsp3) is 0.250. The molecule has 0 radical (unpaired) electrons. The minimum Gasteiger partial charge on any atom is -0.507 e. The number of Topliss-reactive ketones (excluding diaryl/α,β-unsaturated/α-hetero) is 1. The lowest BCUT2D eigenvalue weighted by Crippen LogP contribution is -2.35. The fourth-order valence-corrected chi connectivity index (χ4v) is 3.10. The smallest absolute Gasteiger partial charge is 0.295 e. The van der Waals surface area contributed by atoms with Gasteiger partial charge in [-0.1, -0.05) is 35.9 Å². The molecule has 26 heavy (non-hydrogen) atoms. The number of benzene rings is 1. The molecule has 1 aromatic heterocycles. The summed E-state index contributed by atoms with van der Waals surface area (Å²) >= 11 is 0. The molecule has 1 aliphatic rings. The van der Waals surface area contributed by atoms with E-state index in [1.54, 1.807) is 43.6 Å². The van der Waals surface area contributed by atoms with Crippen molar-refractivity contribution in [3.05, 3.63) is 71.1 Å². The molecule has 0 spiro atoms. The topological polar surface area (TPSA) is 90.7 Å². The van der Waals surface area contributed by atoms with Crippen LogP contribution in [0.15, 0.2) is 54.4 Å². The van der Waals surface area contributed by atoms with E-state index in [1.807, 2.05) is 19.1 Å². The van der Waals surface area contributed by atoms with Crippen molar-refractivity contribution < 1.29 is 19.8 Å². The second-order valence-corrected chi connectivity index (χ2v) is 6.45. The minimum atomic E-state index is -0.813.